The fourth-order valence-corrected chi connectivity index (χ4v) is 3.71. The van der Waals surface area contributed by atoms with Crippen molar-refractivity contribution in [2.24, 2.45) is 5.73 Å². The second-order valence-corrected chi connectivity index (χ2v) is 7.30. The zero-order chi connectivity index (χ0) is 14.2. The number of anilines is 1. The highest BCUT2D eigenvalue weighted by Crippen LogP contribution is 2.26. The number of pyridine rings is 1. The molecule has 0 aliphatic carbocycles. The average molecular weight is 291 g/mol. The second kappa shape index (κ2) is 5.03. The van der Waals surface area contributed by atoms with Crippen LogP contribution in [0.5, 0.6) is 0 Å². The Bertz CT molecular complexity index is 729. The molecule has 106 valence electrons. The summed E-state index contributed by atoms with van der Waals surface area (Å²) < 4.78 is 23.1. The summed E-state index contributed by atoms with van der Waals surface area (Å²) in [5.41, 5.74) is 6.53. The molecule has 1 saturated heterocycles. The molecular weight excluding hydrogens is 274 g/mol. The molecule has 6 heteroatoms. The van der Waals surface area contributed by atoms with Gasteiger partial charge >= 0.3 is 0 Å². The maximum atomic E-state index is 11.5. The van der Waals surface area contributed by atoms with Crippen molar-refractivity contribution < 1.29 is 8.42 Å². The predicted octanol–water partition coefficient (Wildman–Crippen LogP) is 0.928. The van der Waals surface area contributed by atoms with Crippen LogP contribution in [0.15, 0.2) is 30.3 Å². The summed E-state index contributed by atoms with van der Waals surface area (Å²) in [6.07, 6.45) is 0. The minimum atomic E-state index is -2.89. The smallest absolute Gasteiger partial charge is 0.153 e. The van der Waals surface area contributed by atoms with Gasteiger partial charge in [-0.05, 0) is 11.5 Å². The maximum Gasteiger partial charge on any atom is 0.153 e. The van der Waals surface area contributed by atoms with Crippen LogP contribution in [0.2, 0.25) is 0 Å². The highest BCUT2D eigenvalue weighted by molar-refractivity contribution is 7.91. The molecule has 1 fully saturated rings. The first-order chi connectivity index (χ1) is 9.59. The van der Waals surface area contributed by atoms with Gasteiger partial charge in [-0.15, -0.1) is 0 Å². The normalized spacial score (nSPS) is 18.4. The second-order valence-electron chi connectivity index (χ2n) is 5.00. The largest absolute Gasteiger partial charge is 0.354 e. The van der Waals surface area contributed by atoms with E-state index in [0.29, 0.717) is 19.6 Å². The zero-order valence-electron chi connectivity index (χ0n) is 11.1. The Balaban J connectivity index is 2.06. The van der Waals surface area contributed by atoms with Gasteiger partial charge in [0.1, 0.15) is 5.82 Å². The van der Waals surface area contributed by atoms with Gasteiger partial charge in [0.2, 0.25) is 0 Å². The van der Waals surface area contributed by atoms with Crippen molar-refractivity contribution in [3.8, 4) is 0 Å². The summed E-state index contributed by atoms with van der Waals surface area (Å²) in [7, 11) is -2.89. The molecule has 0 atom stereocenters. The van der Waals surface area contributed by atoms with E-state index in [9.17, 15) is 8.42 Å². The van der Waals surface area contributed by atoms with Gasteiger partial charge in [0.05, 0.1) is 17.2 Å². The summed E-state index contributed by atoms with van der Waals surface area (Å²) in [5.74, 6) is 1.23. The van der Waals surface area contributed by atoms with Crippen LogP contribution in [0.4, 0.5) is 5.82 Å². The zero-order valence-corrected chi connectivity index (χ0v) is 11.9. The van der Waals surface area contributed by atoms with Crippen molar-refractivity contribution in [3.63, 3.8) is 0 Å². The van der Waals surface area contributed by atoms with Crippen LogP contribution in [0.25, 0.3) is 10.8 Å². The number of aromatic nitrogens is 1. The number of hydrogen-bond donors (Lipinski definition) is 1. The SMILES string of the molecule is NCc1cc2ccccc2c(N2CCS(=O)(=O)CC2)n1. The van der Waals surface area contributed by atoms with E-state index in [1.54, 1.807) is 0 Å². The number of nitrogens with two attached hydrogens (primary N) is 1. The summed E-state index contributed by atoms with van der Waals surface area (Å²) >= 11 is 0. The van der Waals surface area contributed by atoms with Crippen LogP contribution < -0.4 is 10.6 Å². The first kappa shape index (κ1) is 13.3. The molecule has 5 nitrogen and oxygen atoms in total. The van der Waals surface area contributed by atoms with E-state index < -0.39 is 9.84 Å². The number of rotatable bonds is 2. The quantitative estimate of drug-likeness (QED) is 0.890. The maximum absolute atomic E-state index is 11.5. The van der Waals surface area contributed by atoms with Gasteiger partial charge in [-0.25, -0.2) is 13.4 Å². The molecule has 1 aromatic carbocycles. The monoisotopic (exact) mass is 291 g/mol. The molecule has 1 aliphatic rings. The molecule has 2 N–H and O–H groups in total. The van der Waals surface area contributed by atoms with Crippen molar-refractivity contribution in [2.75, 3.05) is 29.5 Å². The number of hydrogen-bond acceptors (Lipinski definition) is 5. The molecule has 0 amide bonds. The molecule has 0 saturated carbocycles. The van der Waals surface area contributed by atoms with Gasteiger partial charge < -0.3 is 10.6 Å². The molecule has 0 spiro atoms. The van der Waals surface area contributed by atoms with Crippen LogP contribution in [0.3, 0.4) is 0 Å². The number of benzene rings is 1. The molecular formula is C14H17N3O2S. The highest BCUT2D eigenvalue weighted by atomic mass is 32.2. The highest BCUT2D eigenvalue weighted by Gasteiger charge is 2.23. The summed E-state index contributed by atoms with van der Waals surface area (Å²) in [4.78, 5) is 6.64. The molecule has 2 aromatic rings. The lowest BCUT2D eigenvalue weighted by Crippen LogP contribution is -2.40. The first-order valence-corrected chi connectivity index (χ1v) is 8.45. The van der Waals surface area contributed by atoms with Gasteiger partial charge in [0.15, 0.2) is 9.84 Å². The van der Waals surface area contributed by atoms with Crippen molar-refractivity contribution >= 4 is 26.4 Å². The molecule has 0 radical (unpaired) electrons. The molecule has 0 bridgehead atoms. The van der Waals surface area contributed by atoms with Crippen LogP contribution in [0.1, 0.15) is 5.69 Å². The third kappa shape index (κ3) is 2.48. The van der Waals surface area contributed by atoms with E-state index in [4.69, 9.17) is 5.73 Å². The minimum Gasteiger partial charge on any atom is -0.354 e. The molecule has 2 heterocycles. The Morgan fingerprint density at radius 3 is 2.60 bits per heavy atom. The fraction of sp³-hybridized carbons (Fsp3) is 0.357. The molecule has 0 unspecified atom stereocenters. The van der Waals surface area contributed by atoms with Crippen LogP contribution in [0, 0.1) is 0 Å². The Hall–Kier alpha value is -1.66. The van der Waals surface area contributed by atoms with E-state index in [-0.39, 0.29) is 11.5 Å². The van der Waals surface area contributed by atoms with E-state index in [1.165, 1.54) is 0 Å². The minimum absolute atomic E-state index is 0.190. The lowest BCUT2D eigenvalue weighted by Gasteiger charge is -2.29. The Morgan fingerprint density at radius 2 is 1.90 bits per heavy atom. The van der Waals surface area contributed by atoms with E-state index in [2.05, 4.69) is 4.98 Å². The molecule has 3 rings (SSSR count). The van der Waals surface area contributed by atoms with Gasteiger partial charge in [-0.1, -0.05) is 24.3 Å². The molecule has 20 heavy (non-hydrogen) atoms. The average Bonchev–Trinajstić information content (AvgIpc) is 2.46. The lowest BCUT2D eigenvalue weighted by atomic mass is 10.1. The number of sulfone groups is 1. The molecule has 1 aliphatic heterocycles. The van der Waals surface area contributed by atoms with Crippen LogP contribution >= 0.6 is 0 Å². The third-order valence-corrected chi connectivity index (χ3v) is 5.24. The lowest BCUT2D eigenvalue weighted by molar-refractivity contribution is 0.586. The van der Waals surface area contributed by atoms with Gasteiger partial charge in [-0.2, -0.15) is 0 Å². The van der Waals surface area contributed by atoms with Crippen molar-refractivity contribution in [2.45, 2.75) is 6.54 Å². The Labute approximate surface area is 118 Å². The summed E-state index contributed by atoms with van der Waals surface area (Å²) in [5, 5.41) is 2.13. The van der Waals surface area contributed by atoms with Crippen molar-refractivity contribution in [1.29, 1.82) is 0 Å². The summed E-state index contributed by atoms with van der Waals surface area (Å²) in [6, 6.07) is 9.98. The topological polar surface area (TPSA) is 76.3 Å². The van der Waals surface area contributed by atoms with Gasteiger partial charge in [-0.3, -0.25) is 0 Å². The Kier molecular flexibility index (Phi) is 3.35. The molecule has 1 aromatic heterocycles. The number of fused-ring (bicyclic) bond motifs is 1. The van der Waals surface area contributed by atoms with E-state index in [1.807, 2.05) is 35.2 Å². The van der Waals surface area contributed by atoms with Crippen molar-refractivity contribution in [1.82, 2.24) is 4.98 Å². The summed E-state index contributed by atoms with van der Waals surface area (Å²) in [6.45, 7) is 1.37. The van der Waals surface area contributed by atoms with Gasteiger partial charge in [0, 0.05) is 25.0 Å². The van der Waals surface area contributed by atoms with Crippen molar-refractivity contribution in [3.05, 3.63) is 36.0 Å². The third-order valence-electron chi connectivity index (χ3n) is 3.63. The first-order valence-electron chi connectivity index (χ1n) is 6.63. The van der Waals surface area contributed by atoms with Gasteiger partial charge in [0.25, 0.3) is 0 Å². The Morgan fingerprint density at radius 1 is 1.20 bits per heavy atom. The van der Waals surface area contributed by atoms with E-state index in [0.717, 1.165) is 22.3 Å². The number of nitrogens with zero attached hydrogens (tertiary/aromatic N) is 2. The standard InChI is InChI=1S/C14H17N3O2S/c15-10-12-9-11-3-1-2-4-13(11)14(16-12)17-5-7-20(18,19)8-6-17/h1-4,9H,5-8,10,15H2. The van der Waals surface area contributed by atoms with Crippen LogP contribution in [-0.2, 0) is 16.4 Å². The fourth-order valence-electron chi connectivity index (χ4n) is 2.50. The van der Waals surface area contributed by atoms with E-state index >= 15 is 0 Å². The van der Waals surface area contributed by atoms with Crippen LogP contribution in [-0.4, -0.2) is 38.0 Å². The predicted molar refractivity (Wildman–Crippen MR) is 80.5 cm³/mol.